The van der Waals surface area contributed by atoms with Crippen LogP contribution in [0.4, 0.5) is 0 Å². The molecule has 3 aromatic rings. The van der Waals surface area contributed by atoms with Gasteiger partial charge in [-0.1, -0.05) is 41.5 Å². The van der Waals surface area contributed by atoms with Crippen molar-refractivity contribution in [1.82, 2.24) is 30.2 Å². The molecule has 15 nitrogen and oxygen atoms in total. The quantitative estimate of drug-likeness (QED) is 0.197. The lowest BCUT2D eigenvalue weighted by atomic mass is 9.76. The maximum Gasteiger partial charge on any atom is 0.338 e. The van der Waals surface area contributed by atoms with Gasteiger partial charge in [-0.2, -0.15) is 10.2 Å². The summed E-state index contributed by atoms with van der Waals surface area (Å²) >= 11 is 0. The number of fused-ring (bicyclic) bond motifs is 2. The van der Waals surface area contributed by atoms with Crippen LogP contribution < -0.4 is 10.6 Å². The van der Waals surface area contributed by atoms with E-state index in [0.717, 1.165) is 86.5 Å². The second kappa shape index (κ2) is 17.9. The number of nitrogens with one attached hydrogen (secondary N) is 2. The fraction of sp³-hybridized carbons (Fsp3) is 0.636. The molecule has 59 heavy (non-hydrogen) atoms. The van der Waals surface area contributed by atoms with Crippen molar-refractivity contribution in [1.29, 1.82) is 0 Å². The first-order valence-electron chi connectivity index (χ1n) is 21.0. The zero-order valence-electron chi connectivity index (χ0n) is 35.6. The molecule has 1 aromatic carbocycles. The first kappa shape index (κ1) is 44.0. The Morgan fingerprint density at radius 2 is 1.17 bits per heavy atom. The van der Waals surface area contributed by atoms with E-state index in [-0.39, 0.29) is 46.8 Å². The predicted molar refractivity (Wildman–Crippen MR) is 219 cm³/mol. The molecule has 0 radical (unpaired) electrons. The van der Waals surface area contributed by atoms with E-state index in [4.69, 9.17) is 29.5 Å². The summed E-state index contributed by atoms with van der Waals surface area (Å²) in [6.07, 6.45) is 6.69. The summed E-state index contributed by atoms with van der Waals surface area (Å²) in [5.74, 6) is -1.63. The number of nitrogens with zero attached hydrogens (tertiary/aromatic N) is 4. The standard InChI is InChI=1S/C26H33N3O6.C18H29N3O3/c1-4-19-21-20(13-26(14-27-22(21)30)9-11-34-12-10-26)29(28-19)15-25(2,3)16-35-24(33)18-7-5-17(6-8-18)23(31)32;1-4-13-15-14(21(20-13)11-17(2,3)12-22)9-18(10-19-16(15)23)5-7-24-8-6-18/h5-8H,4,9-16H2,1-3H3,(H,27,30)(H,31,32);22H,4-12H2,1-3H3,(H,19,23). The summed E-state index contributed by atoms with van der Waals surface area (Å²) in [4.78, 5) is 49.3. The topological polar surface area (TPSA) is 196 Å². The number of rotatable bonds is 11. The van der Waals surface area contributed by atoms with Gasteiger partial charge in [0.2, 0.25) is 0 Å². The molecule has 2 aromatic heterocycles. The van der Waals surface area contributed by atoms with Crippen molar-refractivity contribution in [2.45, 2.75) is 106 Å². The second-order valence-corrected chi connectivity index (χ2v) is 18.4. The Labute approximate surface area is 346 Å². The number of aryl methyl sites for hydroxylation is 2. The van der Waals surface area contributed by atoms with E-state index in [0.29, 0.717) is 56.9 Å². The van der Waals surface area contributed by atoms with Gasteiger partial charge in [-0.3, -0.25) is 19.0 Å². The van der Waals surface area contributed by atoms with Gasteiger partial charge in [0, 0.05) is 70.0 Å². The SMILES string of the molecule is CCc1nn(CC(C)(C)CO)c2c1C(=O)NCC1(CCOCC1)C2.CCc1nn(CC(C)(C)COC(=O)c2ccc(C(=O)O)cc2)c2c1C(=O)NCC1(CCOCC1)C2. The van der Waals surface area contributed by atoms with Crippen molar-refractivity contribution in [3.8, 4) is 0 Å². The van der Waals surface area contributed by atoms with E-state index in [1.54, 1.807) is 0 Å². The van der Waals surface area contributed by atoms with Gasteiger partial charge in [0.1, 0.15) is 0 Å². The van der Waals surface area contributed by atoms with Crippen LogP contribution in [0.15, 0.2) is 24.3 Å². The molecule has 2 spiro atoms. The van der Waals surface area contributed by atoms with Crippen LogP contribution in [0.2, 0.25) is 0 Å². The number of hydrogen-bond donors (Lipinski definition) is 4. The summed E-state index contributed by atoms with van der Waals surface area (Å²) in [7, 11) is 0. The minimum atomic E-state index is -1.05. The number of carbonyl (C=O) groups excluding carboxylic acids is 3. The van der Waals surface area contributed by atoms with E-state index in [1.807, 2.05) is 50.9 Å². The maximum absolute atomic E-state index is 13.0. The van der Waals surface area contributed by atoms with Gasteiger partial charge in [-0.05, 0) is 86.5 Å². The summed E-state index contributed by atoms with van der Waals surface area (Å²) in [6, 6.07) is 5.66. The Morgan fingerprint density at radius 3 is 1.58 bits per heavy atom. The van der Waals surface area contributed by atoms with Crippen molar-refractivity contribution in [3.63, 3.8) is 0 Å². The molecule has 0 saturated carbocycles. The molecule has 4 N–H and O–H groups in total. The van der Waals surface area contributed by atoms with Crippen LogP contribution >= 0.6 is 0 Å². The van der Waals surface area contributed by atoms with E-state index in [9.17, 15) is 24.3 Å². The summed E-state index contributed by atoms with van der Waals surface area (Å²) in [5, 5.41) is 34.5. The lowest BCUT2D eigenvalue weighted by molar-refractivity contribution is 0.0145. The van der Waals surface area contributed by atoms with Crippen LogP contribution in [0.1, 0.15) is 131 Å². The van der Waals surface area contributed by atoms with E-state index in [2.05, 4.69) is 10.6 Å². The number of amides is 2. The number of aromatic nitrogens is 4. The van der Waals surface area contributed by atoms with Crippen LogP contribution in [0.5, 0.6) is 0 Å². The van der Waals surface area contributed by atoms with Gasteiger partial charge in [-0.25, -0.2) is 9.59 Å². The van der Waals surface area contributed by atoms with Crippen LogP contribution in [0.3, 0.4) is 0 Å². The highest BCUT2D eigenvalue weighted by Crippen LogP contribution is 2.39. The van der Waals surface area contributed by atoms with Crippen LogP contribution in [0, 0.1) is 21.7 Å². The molecular formula is C44H62N6O9. The molecule has 2 fully saturated rings. The largest absolute Gasteiger partial charge is 0.478 e. The normalized spacial score (nSPS) is 18.7. The highest BCUT2D eigenvalue weighted by Gasteiger charge is 2.42. The summed E-state index contributed by atoms with van der Waals surface area (Å²) in [5.41, 5.74) is 4.78. The number of aliphatic hydroxyl groups excluding tert-OH is 1. The molecule has 2 saturated heterocycles. The third kappa shape index (κ3) is 10.1. The molecule has 4 aliphatic rings. The average Bonchev–Trinajstić information content (AvgIpc) is 3.64. The number of esters is 1. The fourth-order valence-electron chi connectivity index (χ4n) is 8.61. The number of aliphatic hydroxyl groups is 1. The Hall–Kier alpha value is -4.60. The Balaban J connectivity index is 0.000000213. The zero-order chi connectivity index (χ0) is 42.6. The lowest BCUT2D eigenvalue weighted by Crippen LogP contribution is -2.41. The first-order valence-corrected chi connectivity index (χ1v) is 21.0. The zero-order valence-corrected chi connectivity index (χ0v) is 35.6. The van der Waals surface area contributed by atoms with Gasteiger partial charge < -0.3 is 35.1 Å². The van der Waals surface area contributed by atoms with Crippen molar-refractivity contribution in [3.05, 3.63) is 69.3 Å². The van der Waals surface area contributed by atoms with Gasteiger partial charge in [0.05, 0.1) is 51.6 Å². The number of carboxylic acid groups (broad SMARTS) is 1. The smallest absolute Gasteiger partial charge is 0.338 e. The highest BCUT2D eigenvalue weighted by molar-refractivity contribution is 5.97. The third-order valence-corrected chi connectivity index (χ3v) is 12.4. The molecular weight excluding hydrogens is 757 g/mol. The van der Waals surface area contributed by atoms with Crippen molar-refractivity contribution in [2.75, 3.05) is 52.7 Å². The minimum absolute atomic E-state index is 0.00160. The first-order chi connectivity index (χ1) is 28.0. The van der Waals surface area contributed by atoms with Crippen LogP contribution in [-0.2, 0) is 53.0 Å². The lowest BCUT2D eigenvalue weighted by Gasteiger charge is -2.36. The number of carboxylic acids is 1. The predicted octanol–water partition coefficient (Wildman–Crippen LogP) is 4.66. The van der Waals surface area contributed by atoms with E-state index >= 15 is 0 Å². The number of hydrogen-bond acceptors (Lipinski definition) is 10. The maximum atomic E-state index is 13.0. The number of carbonyl (C=O) groups is 4. The average molecular weight is 819 g/mol. The molecule has 2 amide bonds. The van der Waals surface area contributed by atoms with Gasteiger partial charge in [-0.15, -0.1) is 0 Å². The monoisotopic (exact) mass is 818 g/mol. The molecule has 0 unspecified atom stereocenters. The molecule has 6 heterocycles. The highest BCUT2D eigenvalue weighted by atomic mass is 16.5. The van der Waals surface area contributed by atoms with E-state index < -0.39 is 17.4 Å². The minimum Gasteiger partial charge on any atom is -0.478 e. The van der Waals surface area contributed by atoms with Gasteiger partial charge in [0.25, 0.3) is 11.8 Å². The molecule has 0 aliphatic carbocycles. The Bertz CT molecular complexity index is 2000. The Morgan fingerprint density at radius 1 is 0.746 bits per heavy atom. The number of ether oxygens (including phenoxy) is 3. The molecule has 0 atom stereocenters. The van der Waals surface area contributed by atoms with E-state index in [1.165, 1.54) is 24.3 Å². The third-order valence-electron chi connectivity index (χ3n) is 12.4. The number of aromatic carboxylic acids is 1. The molecule has 15 heteroatoms. The molecule has 0 bridgehead atoms. The fourth-order valence-corrected chi connectivity index (χ4v) is 8.61. The van der Waals surface area contributed by atoms with Crippen molar-refractivity contribution in [2.24, 2.45) is 21.7 Å². The Kier molecular flexibility index (Phi) is 13.4. The molecule has 322 valence electrons. The van der Waals surface area contributed by atoms with Crippen LogP contribution in [-0.4, -0.2) is 106 Å². The molecule has 4 aliphatic heterocycles. The summed E-state index contributed by atoms with van der Waals surface area (Å²) < 4.78 is 20.6. The van der Waals surface area contributed by atoms with Crippen molar-refractivity contribution >= 4 is 23.8 Å². The van der Waals surface area contributed by atoms with Gasteiger partial charge >= 0.3 is 11.9 Å². The van der Waals surface area contributed by atoms with Crippen LogP contribution in [0.25, 0.3) is 0 Å². The number of benzene rings is 1. The molecule has 7 rings (SSSR count). The van der Waals surface area contributed by atoms with Crippen molar-refractivity contribution < 1.29 is 43.6 Å². The second-order valence-electron chi connectivity index (χ2n) is 18.4. The summed E-state index contributed by atoms with van der Waals surface area (Å²) in [6.45, 7) is 17.6. The van der Waals surface area contributed by atoms with Gasteiger partial charge in [0.15, 0.2) is 0 Å².